The van der Waals surface area contributed by atoms with E-state index in [0.29, 0.717) is 0 Å². The van der Waals surface area contributed by atoms with Crippen molar-refractivity contribution in [2.75, 3.05) is 0 Å². The van der Waals surface area contributed by atoms with Crippen LogP contribution in [0.15, 0.2) is 28.7 Å². The molecule has 1 unspecified atom stereocenters. The Morgan fingerprint density at radius 2 is 2.00 bits per heavy atom. The van der Waals surface area contributed by atoms with Gasteiger partial charge < -0.3 is 10.2 Å². The minimum absolute atomic E-state index is 0.127. The number of furan rings is 1. The zero-order chi connectivity index (χ0) is 13.2. The van der Waals surface area contributed by atoms with Gasteiger partial charge in [-0.2, -0.15) is 0 Å². The number of rotatable bonds is 4. The summed E-state index contributed by atoms with van der Waals surface area (Å²) in [6.07, 6.45) is 7.49. The number of nitrogens with two attached hydrogens (primary N) is 1. The summed E-state index contributed by atoms with van der Waals surface area (Å²) < 4.78 is 5.95. The molecule has 1 aliphatic rings. The molecular weight excluding hydrogens is 234 g/mol. The van der Waals surface area contributed by atoms with Crippen molar-refractivity contribution in [2.24, 2.45) is 11.7 Å². The van der Waals surface area contributed by atoms with Gasteiger partial charge in [0, 0.05) is 23.4 Å². The molecule has 1 fully saturated rings. The second-order valence-corrected chi connectivity index (χ2v) is 5.78. The minimum Gasteiger partial charge on any atom is -0.461 e. The summed E-state index contributed by atoms with van der Waals surface area (Å²) in [5, 5.41) is 1.21. The maximum atomic E-state index is 6.50. The van der Waals surface area contributed by atoms with Gasteiger partial charge in [0.15, 0.2) is 0 Å². The van der Waals surface area contributed by atoms with Crippen molar-refractivity contribution in [1.29, 1.82) is 0 Å². The zero-order valence-electron chi connectivity index (χ0n) is 11.7. The van der Waals surface area contributed by atoms with Crippen LogP contribution in [0.1, 0.15) is 56.4 Å². The van der Waals surface area contributed by atoms with Gasteiger partial charge in [-0.15, -0.1) is 0 Å². The molecule has 1 saturated carbocycles. The molecule has 1 aromatic heterocycles. The van der Waals surface area contributed by atoms with E-state index >= 15 is 0 Å². The molecule has 2 nitrogen and oxygen atoms in total. The molecule has 19 heavy (non-hydrogen) atoms. The van der Waals surface area contributed by atoms with E-state index < -0.39 is 0 Å². The van der Waals surface area contributed by atoms with E-state index in [1.807, 2.05) is 12.1 Å². The van der Waals surface area contributed by atoms with Gasteiger partial charge in [0.25, 0.3) is 0 Å². The fourth-order valence-corrected chi connectivity index (χ4v) is 3.51. The Kier molecular flexibility index (Phi) is 3.61. The first-order chi connectivity index (χ1) is 9.29. The Morgan fingerprint density at radius 1 is 1.26 bits per heavy atom. The molecule has 2 aromatic rings. The van der Waals surface area contributed by atoms with Crippen molar-refractivity contribution in [1.82, 2.24) is 0 Å². The van der Waals surface area contributed by atoms with Gasteiger partial charge in [0.05, 0.1) is 0 Å². The zero-order valence-corrected chi connectivity index (χ0v) is 11.7. The number of hydrogen-bond acceptors (Lipinski definition) is 2. The number of benzene rings is 1. The molecule has 1 heterocycles. The standard InChI is InChI=1S/C17H23NO/c1-2-15-17(13-9-5-6-10-16(13)19-15)14(18)11-12-7-3-4-8-12/h5-6,9-10,12,14H,2-4,7-8,11,18H2,1H3. The number of aryl methyl sites for hydroxylation is 1. The largest absolute Gasteiger partial charge is 0.461 e. The van der Waals surface area contributed by atoms with Crippen molar-refractivity contribution in [2.45, 2.75) is 51.5 Å². The SMILES string of the molecule is CCc1oc2ccccc2c1C(N)CC1CCCC1. The molecule has 2 N–H and O–H groups in total. The molecule has 0 aliphatic heterocycles. The molecular formula is C17H23NO. The third-order valence-electron chi connectivity index (χ3n) is 4.46. The Labute approximate surface area is 115 Å². The Balaban J connectivity index is 1.93. The molecule has 1 atom stereocenters. The molecule has 3 rings (SSSR count). The first-order valence-corrected chi connectivity index (χ1v) is 7.55. The number of para-hydroxylation sites is 1. The van der Waals surface area contributed by atoms with Crippen LogP contribution in [0.2, 0.25) is 0 Å². The van der Waals surface area contributed by atoms with E-state index in [1.165, 1.54) is 36.6 Å². The number of hydrogen-bond donors (Lipinski definition) is 1. The number of fused-ring (bicyclic) bond motifs is 1. The lowest BCUT2D eigenvalue weighted by atomic mass is 9.92. The van der Waals surface area contributed by atoms with Crippen LogP contribution in [0.5, 0.6) is 0 Å². The lowest BCUT2D eigenvalue weighted by Gasteiger charge is -2.16. The second-order valence-electron chi connectivity index (χ2n) is 5.78. The smallest absolute Gasteiger partial charge is 0.134 e. The predicted octanol–water partition coefficient (Wildman–Crippen LogP) is 4.58. The topological polar surface area (TPSA) is 39.2 Å². The van der Waals surface area contributed by atoms with Crippen LogP contribution in [0.4, 0.5) is 0 Å². The molecule has 0 bridgehead atoms. The van der Waals surface area contributed by atoms with Crippen LogP contribution in [-0.4, -0.2) is 0 Å². The van der Waals surface area contributed by atoms with Gasteiger partial charge in [-0.1, -0.05) is 50.8 Å². The summed E-state index contributed by atoms with van der Waals surface area (Å²) in [5.74, 6) is 1.89. The van der Waals surface area contributed by atoms with E-state index in [4.69, 9.17) is 10.2 Å². The van der Waals surface area contributed by atoms with Crippen LogP contribution in [0, 0.1) is 5.92 Å². The molecule has 1 aromatic carbocycles. The summed E-state index contributed by atoms with van der Waals surface area (Å²) >= 11 is 0. The average molecular weight is 257 g/mol. The van der Waals surface area contributed by atoms with Crippen molar-refractivity contribution in [3.8, 4) is 0 Å². The van der Waals surface area contributed by atoms with Gasteiger partial charge >= 0.3 is 0 Å². The van der Waals surface area contributed by atoms with Gasteiger partial charge in [-0.05, 0) is 18.4 Å². The monoisotopic (exact) mass is 257 g/mol. The maximum Gasteiger partial charge on any atom is 0.134 e. The van der Waals surface area contributed by atoms with Crippen LogP contribution in [0.25, 0.3) is 11.0 Å². The molecule has 0 saturated heterocycles. The maximum absolute atomic E-state index is 6.50. The van der Waals surface area contributed by atoms with Crippen molar-refractivity contribution >= 4 is 11.0 Å². The highest BCUT2D eigenvalue weighted by atomic mass is 16.3. The summed E-state index contributed by atoms with van der Waals surface area (Å²) in [5.41, 5.74) is 8.74. The van der Waals surface area contributed by atoms with E-state index in [-0.39, 0.29) is 6.04 Å². The fourth-order valence-electron chi connectivity index (χ4n) is 3.51. The molecule has 0 radical (unpaired) electrons. The van der Waals surface area contributed by atoms with Crippen LogP contribution in [0.3, 0.4) is 0 Å². The lowest BCUT2D eigenvalue weighted by Crippen LogP contribution is -2.15. The van der Waals surface area contributed by atoms with Crippen LogP contribution in [-0.2, 0) is 6.42 Å². The van der Waals surface area contributed by atoms with E-state index in [2.05, 4.69) is 19.1 Å². The van der Waals surface area contributed by atoms with Gasteiger partial charge in [-0.3, -0.25) is 0 Å². The summed E-state index contributed by atoms with van der Waals surface area (Å²) in [4.78, 5) is 0. The Bertz CT molecular complexity index is 551. The van der Waals surface area contributed by atoms with E-state index in [0.717, 1.165) is 30.1 Å². The third-order valence-corrected chi connectivity index (χ3v) is 4.46. The predicted molar refractivity (Wildman–Crippen MR) is 79.1 cm³/mol. The molecule has 102 valence electrons. The summed E-state index contributed by atoms with van der Waals surface area (Å²) in [7, 11) is 0. The van der Waals surface area contributed by atoms with Gasteiger partial charge in [0.2, 0.25) is 0 Å². The summed E-state index contributed by atoms with van der Waals surface area (Å²) in [6.45, 7) is 2.14. The van der Waals surface area contributed by atoms with Gasteiger partial charge in [-0.25, -0.2) is 0 Å². The van der Waals surface area contributed by atoms with Crippen LogP contribution >= 0.6 is 0 Å². The van der Waals surface area contributed by atoms with Crippen molar-refractivity contribution in [3.63, 3.8) is 0 Å². The van der Waals surface area contributed by atoms with Gasteiger partial charge in [0.1, 0.15) is 11.3 Å². The highest BCUT2D eigenvalue weighted by Gasteiger charge is 2.23. The lowest BCUT2D eigenvalue weighted by molar-refractivity contribution is 0.443. The van der Waals surface area contributed by atoms with E-state index in [9.17, 15) is 0 Å². The molecule has 1 aliphatic carbocycles. The highest BCUT2D eigenvalue weighted by molar-refractivity contribution is 5.82. The normalized spacial score (nSPS) is 18.2. The average Bonchev–Trinajstić information content (AvgIpc) is 3.04. The Hall–Kier alpha value is -1.28. The first kappa shape index (κ1) is 12.7. The fraction of sp³-hybridized carbons (Fsp3) is 0.529. The quantitative estimate of drug-likeness (QED) is 0.871. The minimum atomic E-state index is 0.127. The highest BCUT2D eigenvalue weighted by Crippen LogP contribution is 2.36. The molecule has 2 heteroatoms. The Morgan fingerprint density at radius 3 is 2.74 bits per heavy atom. The molecule has 0 spiro atoms. The van der Waals surface area contributed by atoms with E-state index in [1.54, 1.807) is 0 Å². The first-order valence-electron chi connectivity index (χ1n) is 7.55. The third kappa shape index (κ3) is 2.42. The molecule has 0 amide bonds. The van der Waals surface area contributed by atoms with Crippen LogP contribution < -0.4 is 5.73 Å². The van der Waals surface area contributed by atoms with Crippen molar-refractivity contribution < 1.29 is 4.42 Å². The summed E-state index contributed by atoms with van der Waals surface area (Å²) in [6, 6.07) is 8.41. The second kappa shape index (κ2) is 5.38. The van der Waals surface area contributed by atoms with Crippen molar-refractivity contribution in [3.05, 3.63) is 35.6 Å².